The van der Waals surface area contributed by atoms with Gasteiger partial charge in [0, 0.05) is 37.9 Å². The number of aryl methyl sites for hydroxylation is 2. The summed E-state index contributed by atoms with van der Waals surface area (Å²) in [6.45, 7) is 5.36. The van der Waals surface area contributed by atoms with Crippen LogP contribution in [-0.4, -0.2) is 40.9 Å². The largest absolute Gasteiger partial charge is 0.311 e. The van der Waals surface area contributed by atoms with Gasteiger partial charge in [-0.1, -0.05) is 23.8 Å². The Morgan fingerprint density at radius 1 is 1.32 bits per heavy atom. The Bertz CT molecular complexity index is 632. The van der Waals surface area contributed by atoms with Gasteiger partial charge in [-0.2, -0.15) is 5.10 Å². The normalized spacial score (nSPS) is 19.0. The predicted molar refractivity (Wildman–Crippen MR) is 90.7 cm³/mol. The molecule has 1 aliphatic rings. The van der Waals surface area contributed by atoms with Gasteiger partial charge in [0.05, 0.1) is 6.20 Å². The third-order valence-corrected chi connectivity index (χ3v) is 4.65. The van der Waals surface area contributed by atoms with Crippen LogP contribution in [0, 0.1) is 6.92 Å². The quantitative estimate of drug-likeness (QED) is 0.921. The van der Waals surface area contributed by atoms with Crippen molar-refractivity contribution in [3.8, 4) is 11.1 Å². The summed E-state index contributed by atoms with van der Waals surface area (Å²) in [5, 5.41) is 7.95. The molecule has 1 aromatic carbocycles. The zero-order chi connectivity index (χ0) is 15.5. The lowest BCUT2D eigenvalue weighted by atomic mass is 10.00. The Balaban J connectivity index is 1.70. The molecule has 2 aromatic rings. The van der Waals surface area contributed by atoms with E-state index in [4.69, 9.17) is 0 Å². The van der Waals surface area contributed by atoms with E-state index in [0.717, 1.165) is 13.1 Å². The standard InChI is InChI=1S/C18H26N4/c1-14-6-7-15(10-19-12-17-5-4-8-21(17)2)18(9-14)16-11-20-22(3)13-16/h6-7,9,11,13,17,19H,4-5,8,10,12H2,1-3H3. The monoisotopic (exact) mass is 298 g/mol. The average molecular weight is 298 g/mol. The summed E-state index contributed by atoms with van der Waals surface area (Å²) < 4.78 is 1.86. The molecule has 3 rings (SSSR count). The zero-order valence-corrected chi connectivity index (χ0v) is 13.8. The molecule has 2 heterocycles. The fourth-order valence-electron chi connectivity index (χ4n) is 3.28. The molecule has 0 radical (unpaired) electrons. The third-order valence-electron chi connectivity index (χ3n) is 4.65. The second kappa shape index (κ2) is 6.63. The number of aromatic nitrogens is 2. The summed E-state index contributed by atoms with van der Waals surface area (Å²) in [6.07, 6.45) is 6.67. The maximum Gasteiger partial charge on any atom is 0.0568 e. The van der Waals surface area contributed by atoms with Crippen molar-refractivity contribution in [1.82, 2.24) is 20.0 Å². The Morgan fingerprint density at radius 2 is 2.18 bits per heavy atom. The van der Waals surface area contributed by atoms with E-state index in [-0.39, 0.29) is 0 Å². The molecule has 0 bridgehead atoms. The van der Waals surface area contributed by atoms with Gasteiger partial charge in [0.2, 0.25) is 0 Å². The van der Waals surface area contributed by atoms with Crippen LogP contribution < -0.4 is 5.32 Å². The van der Waals surface area contributed by atoms with Crippen LogP contribution in [0.3, 0.4) is 0 Å². The first-order valence-electron chi connectivity index (χ1n) is 8.13. The first-order chi connectivity index (χ1) is 10.6. The number of hydrogen-bond donors (Lipinski definition) is 1. The van der Waals surface area contributed by atoms with Gasteiger partial charge in [-0.15, -0.1) is 0 Å². The highest BCUT2D eigenvalue weighted by Crippen LogP contribution is 2.24. The van der Waals surface area contributed by atoms with Crippen LogP contribution in [0.15, 0.2) is 30.6 Å². The molecule has 4 heteroatoms. The van der Waals surface area contributed by atoms with Crippen molar-refractivity contribution in [2.45, 2.75) is 32.4 Å². The van der Waals surface area contributed by atoms with E-state index in [2.05, 4.69) is 53.7 Å². The summed E-state index contributed by atoms with van der Waals surface area (Å²) in [4.78, 5) is 2.46. The summed E-state index contributed by atoms with van der Waals surface area (Å²) in [7, 11) is 4.19. The molecule has 0 saturated carbocycles. The lowest BCUT2D eigenvalue weighted by Gasteiger charge is -2.20. The van der Waals surface area contributed by atoms with E-state index >= 15 is 0 Å². The fraction of sp³-hybridized carbons (Fsp3) is 0.500. The van der Waals surface area contributed by atoms with Crippen molar-refractivity contribution >= 4 is 0 Å². The van der Waals surface area contributed by atoms with Crippen LogP contribution in [0.25, 0.3) is 11.1 Å². The van der Waals surface area contributed by atoms with Crippen LogP contribution in [-0.2, 0) is 13.6 Å². The molecule has 4 nitrogen and oxygen atoms in total. The van der Waals surface area contributed by atoms with E-state index in [0.29, 0.717) is 6.04 Å². The Labute approximate surface area is 133 Å². The number of benzene rings is 1. The SMILES string of the molecule is Cc1ccc(CNCC2CCCN2C)c(-c2cnn(C)c2)c1. The van der Waals surface area contributed by atoms with Gasteiger partial charge in [0.1, 0.15) is 0 Å². The van der Waals surface area contributed by atoms with Gasteiger partial charge >= 0.3 is 0 Å². The van der Waals surface area contributed by atoms with E-state index in [1.807, 2.05) is 17.9 Å². The molecule has 0 spiro atoms. The van der Waals surface area contributed by atoms with Crippen molar-refractivity contribution in [2.24, 2.45) is 7.05 Å². The van der Waals surface area contributed by atoms with Gasteiger partial charge in [0.25, 0.3) is 0 Å². The second-order valence-corrected chi connectivity index (χ2v) is 6.47. The summed E-state index contributed by atoms with van der Waals surface area (Å²) in [5.41, 5.74) is 5.12. The van der Waals surface area contributed by atoms with Crippen LogP contribution >= 0.6 is 0 Å². The maximum absolute atomic E-state index is 4.31. The molecule has 0 amide bonds. The van der Waals surface area contributed by atoms with Crippen LogP contribution in [0.4, 0.5) is 0 Å². The van der Waals surface area contributed by atoms with Gasteiger partial charge in [-0.05, 0) is 44.5 Å². The molecule has 22 heavy (non-hydrogen) atoms. The number of nitrogens with one attached hydrogen (secondary N) is 1. The minimum absolute atomic E-state index is 0.687. The number of nitrogens with zero attached hydrogens (tertiary/aromatic N) is 3. The first kappa shape index (κ1) is 15.3. The Hall–Kier alpha value is -1.65. The zero-order valence-electron chi connectivity index (χ0n) is 13.8. The highest BCUT2D eigenvalue weighted by Gasteiger charge is 2.20. The molecular formula is C18H26N4. The van der Waals surface area contributed by atoms with Crippen LogP contribution in [0.2, 0.25) is 0 Å². The van der Waals surface area contributed by atoms with Crippen molar-refractivity contribution in [3.63, 3.8) is 0 Å². The number of rotatable bonds is 5. The van der Waals surface area contributed by atoms with Crippen molar-refractivity contribution in [3.05, 3.63) is 41.7 Å². The molecule has 1 saturated heterocycles. The first-order valence-corrected chi connectivity index (χ1v) is 8.13. The molecule has 1 unspecified atom stereocenters. The minimum Gasteiger partial charge on any atom is -0.311 e. The van der Waals surface area contributed by atoms with Gasteiger partial charge in [-0.3, -0.25) is 4.68 Å². The van der Waals surface area contributed by atoms with Crippen molar-refractivity contribution in [2.75, 3.05) is 20.1 Å². The van der Waals surface area contributed by atoms with Gasteiger partial charge in [0.15, 0.2) is 0 Å². The van der Waals surface area contributed by atoms with Crippen LogP contribution in [0.1, 0.15) is 24.0 Å². The molecule has 1 fully saturated rings. The molecule has 1 aliphatic heterocycles. The molecule has 1 atom stereocenters. The maximum atomic E-state index is 4.31. The number of hydrogen-bond acceptors (Lipinski definition) is 3. The second-order valence-electron chi connectivity index (χ2n) is 6.47. The summed E-state index contributed by atoms with van der Waals surface area (Å²) in [5.74, 6) is 0. The number of likely N-dealkylation sites (N-methyl/N-ethyl adjacent to an activating group) is 1. The van der Waals surface area contributed by atoms with Gasteiger partial charge in [-0.25, -0.2) is 0 Å². The van der Waals surface area contributed by atoms with E-state index in [9.17, 15) is 0 Å². The summed E-state index contributed by atoms with van der Waals surface area (Å²) >= 11 is 0. The smallest absolute Gasteiger partial charge is 0.0568 e. The highest BCUT2D eigenvalue weighted by atomic mass is 15.2. The molecular weight excluding hydrogens is 272 g/mol. The summed E-state index contributed by atoms with van der Waals surface area (Å²) in [6, 6.07) is 7.38. The van der Waals surface area contributed by atoms with Gasteiger partial charge < -0.3 is 10.2 Å². The third kappa shape index (κ3) is 3.39. The van der Waals surface area contributed by atoms with Crippen molar-refractivity contribution in [1.29, 1.82) is 0 Å². The molecule has 1 aromatic heterocycles. The topological polar surface area (TPSA) is 33.1 Å². The van der Waals surface area contributed by atoms with E-state index in [1.54, 1.807) is 0 Å². The van der Waals surface area contributed by atoms with Crippen LogP contribution in [0.5, 0.6) is 0 Å². The molecule has 0 aliphatic carbocycles. The Kier molecular flexibility index (Phi) is 4.60. The predicted octanol–water partition coefficient (Wildman–Crippen LogP) is 2.58. The number of likely N-dealkylation sites (tertiary alicyclic amines) is 1. The van der Waals surface area contributed by atoms with E-state index in [1.165, 1.54) is 41.6 Å². The van der Waals surface area contributed by atoms with Crippen molar-refractivity contribution < 1.29 is 0 Å². The lowest BCUT2D eigenvalue weighted by molar-refractivity contribution is 0.300. The fourth-order valence-corrected chi connectivity index (χ4v) is 3.28. The molecule has 1 N–H and O–H groups in total. The van der Waals surface area contributed by atoms with E-state index < -0.39 is 0 Å². The molecule has 118 valence electrons. The highest BCUT2D eigenvalue weighted by molar-refractivity contribution is 5.66. The minimum atomic E-state index is 0.687. The lowest BCUT2D eigenvalue weighted by Crippen LogP contribution is -2.35. The average Bonchev–Trinajstić information content (AvgIpc) is 3.10. The Morgan fingerprint density at radius 3 is 2.86 bits per heavy atom.